The second kappa shape index (κ2) is 6.95. The third-order valence-corrected chi connectivity index (χ3v) is 4.82. The van der Waals surface area contributed by atoms with Crippen molar-refractivity contribution < 1.29 is 14.7 Å². The number of carboxylic acids is 1. The van der Waals surface area contributed by atoms with Crippen LogP contribution in [0.2, 0.25) is 0 Å². The molecular formula is C15H26N2O3. The number of hydrogen-bond acceptors (Lipinski definition) is 2. The number of rotatable bonds is 4. The summed E-state index contributed by atoms with van der Waals surface area (Å²) >= 11 is 0. The third kappa shape index (κ3) is 4.12. The van der Waals surface area contributed by atoms with E-state index in [9.17, 15) is 9.59 Å². The van der Waals surface area contributed by atoms with E-state index >= 15 is 0 Å². The molecule has 1 aliphatic heterocycles. The quantitative estimate of drug-likeness (QED) is 0.831. The summed E-state index contributed by atoms with van der Waals surface area (Å²) in [4.78, 5) is 24.7. The molecule has 5 heteroatoms. The summed E-state index contributed by atoms with van der Waals surface area (Å²) in [5.74, 6) is 0.657. The molecule has 2 rings (SSSR count). The Balaban J connectivity index is 1.75. The molecule has 1 saturated carbocycles. The number of carbonyl (C=O) groups excluding carboxylic acids is 1. The van der Waals surface area contributed by atoms with Crippen LogP contribution in [-0.2, 0) is 4.79 Å². The van der Waals surface area contributed by atoms with E-state index in [4.69, 9.17) is 5.11 Å². The summed E-state index contributed by atoms with van der Waals surface area (Å²) < 4.78 is 0. The molecule has 0 spiro atoms. The molecule has 2 N–H and O–H groups in total. The minimum absolute atomic E-state index is 0.0146. The van der Waals surface area contributed by atoms with Crippen LogP contribution >= 0.6 is 0 Å². The molecule has 20 heavy (non-hydrogen) atoms. The normalized spacial score (nSPS) is 30.2. The lowest BCUT2D eigenvalue weighted by Crippen LogP contribution is -2.47. The summed E-state index contributed by atoms with van der Waals surface area (Å²) in [5.41, 5.74) is 0. The summed E-state index contributed by atoms with van der Waals surface area (Å²) in [6, 6.07) is -0.0146. The molecule has 1 aliphatic carbocycles. The summed E-state index contributed by atoms with van der Waals surface area (Å²) in [6.45, 7) is 4.36. The van der Waals surface area contributed by atoms with Gasteiger partial charge in [-0.05, 0) is 37.0 Å². The van der Waals surface area contributed by atoms with Gasteiger partial charge in [0.2, 0.25) is 0 Å². The maximum absolute atomic E-state index is 12.2. The Morgan fingerprint density at radius 2 is 2.05 bits per heavy atom. The van der Waals surface area contributed by atoms with Crippen molar-refractivity contribution in [3.63, 3.8) is 0 Å². The van der Waals surface area contributed by atoms with Gasteiger partial charge in [0.25, 0.3) is 0 Å². The smallest absolute Gasteiger partial charge is 0.317 e. The maximum atomic E-state index is 12.2. The first-order valence-electron chi connectivity index (χ1n) is 7.81. The molecule has 0 radical (unpaired) electrons. The Morgan fingerprint density at radius 3 is 2.70 bits per heavy atom. The zero-order valence-corrected chi connectivity index (χ0v) is 12.3. The van der Waals surface area contributed by atoms with Gasteiger partial charge < -0.3 is 15.3 Å². The Kier molecular flexibility index (Phi) is 5.26. The minimum Gasteiger partial charge on any atom is -0.481 e. The Bertz CT molecular complexity index is 359. The Labute approximate surface area is 120 Å². The SMILES string of the molecule is CC1CCCC1CNC(=O)N1CCCC(CC(=O)O)C1. The predicted octanol–water partition coefficient (Wildman–Crippen LogP) is 2.32. The first-order valence-corrected chi connectivity index (χ1v) is 7.81. The van der Waals surface area contributed by atoms with Crippen molar-refractivity contribution in [1.29, 1.82) is 0 Å². The highest BCUT2D eigenvalue weighted by Gasteiger charge is 2.27. The molecule has 2 amide bonds. The van der Waals surface area contributed by atoms with Gasteiger partial charge >= 0.3 is 12.0 Å². The second-order valence-corrected chi connectivity index (χ2v) is 6.41. The fraction of sp³-hybridized carbons (Fsp3) is 0.867. The molecule has 1 saturated heterocycles. The summed E-state index contributed by atoms with van der Waals surface area (Å²) in [7, 11) is 0. The molecule has 3 unspecified atom stereocenters. The van der Waals surface area contributed by atoms with Crippen molar-refractivity contribution in [3.8, 4) is 0 Å². The van der Waals surface area contributed by atoms with Crippen LogP contribution in [0, 0.1) is 17.8 Å². The zero-order valence-electron chi connectivity index (χ0n) is 12.3. The lowest BCUT2D eigenvalue weighted by atomic mass is 9.95. The number of carboxylic acid groups (broad SMARTS) is 1. The number of amides is 2. The highest BCUT2D eigenvalue weighted by Crippen LogP contribution is 2.30. The van der Waals surface area contributed by atoms with Gasteiger partial charge in [-0.3, -0.25) is 4.79 Å². The van der Waals surface area contributed by atoms with E-state index in [0.29, 0.717) is 18.4 Å². The first kappa shape index (κ1) is 15.1. The van der Waals surface area contributed by atoms with Gasteiger partial charge in [0.05, 0.1) is 0 Å². The van der Waals surface area contributed by atoms with E-state index in [1.165, 1.54) is 19.3 Å². The minimum atomic E-state index is -0.767. The molecule has 3 atom stereocenters. The van der Waals surface area contributed by atoms with E-state index in [-0.39, 0.29) is 18.4 Å². The van der Waals surface area contributed by atoms with Crippen LogP contribution in [0.1, 0.15) is 45.4 Å². The summed E-state index contributed by atoms with van der Waals surface area (Å²) in [6.07, 6.45) is 5.74. The number of hydrogen-bond donors (Lipinski definition) is 2. The number of nitrogens with one attached hydrogen (secondary N) is 1. The first-order chi connectivity index (χ1) is 9.56. The van der Waals surface area contributed by atoms with Crippen molar-refractivity contribution >= 4 is 12.0 Å². The van der Waals surface area contributed by atoms with E-state index < -0.39 is 5.97 Å². The molecule has 2 fully saturated rings. The van der Waals surface area contributed by atoms with Crippen LogP contribution in [0.15, 0.2) is 0 Å². The van der Waals surface area contributed by atoms with Crippen molar-refractivity contribution in [3.05, 3.63) is 0 Å². The topological polar surface area (TPSA) is 69.6 Å². The van der Waals surface area contributed by atoms with Gasteiger partial charge in [-0.1, -0.05) is 19.8 Å². The zero-order chi connectivity index (χ0) is 14.5. The number of urea groups is 1. The molecule has 1 heterocycles. The van der Waals surface area contributed by atoms with Crippen LogP contribution in [0.4, 0.5) is 4.79 Å². The average molecular weight is 282 g/mol. The van der Waals surface area contributed by atoms with Gasteiger partial charge in [0, 0.05) is 26.1 Å². The van der Waals surface area contributed by atoms with E-state index in [1.54, 1.807) is 4.90 Å². The van der Waals surface area contributed by atoms with Gasteiger partial charge in [-0.25, -0.2) is 4.79 Å². The number of likely N-dealkylation sites (tertiary alicyclic amines) is 1. The molecule has 5 nitrogen and oxygen atoms in total. The van der Waals surface area contributed by atoms with Crippen molar-refractivity contribution in [2.45, 2.75) is 45.4 Å². The monoisotopic (exact) mass is 282 g/mol. The van der Waals surface area contributed by atoms with E-state index in [0.717, 1.165) is 25.9 Å². The summed E-state index contributed by atoms with van der Waals surface area (Å²) in [5, 5.41) is 11.9. The fourth-order valence-electron chi connectivity index (χ4n) is 3.52. The standard InChI is InChI=1S/C15H26N2O3/c1-11-4-2-6-13(11)9-16-15(20)17-7-3-5-12(10-17)8-14(18)19/h11-13H,2-10H2,1H3,(H,16,20)(H,18,19). The van der Waals surface area contributed by atoms with Crippen LogP contribution in [0.25, 0.3) is 0 Å². The van der Waals surface area contributed by atoms with Gasteiger partial charge in [0.1, 0.15) is 0 Å². The number of aliphatic carboxylic acids is 1. The largest absolute Gasteiger partial charge is 0.481 e. The maximum Gasteiger partial charge on any atom is 0.317 e. The molecule has 0 aromatic rings. The number of carbonyl (C=O) groups is 2. The molecule has 0 aromatic heterocycles. The Hall–Kier alpha value is -1.26. The van der Waals surface area contributed by atoms with Crippen LogP contribution in [0.5, 0.6) is 0 Å². The molecule has 0 aromatic carbocycles. The highest BCUT2D eigenvalue weighted by molar-refractivity contribution is 5.74. The predicted molar refractivity (Wildman–Crippen MR) is 76.5 cm³/mol. The third-order valence-electron chi connectivity index (χ3n) is 4.82. The molecule has 114 valence electrons. The lowest BCUT2D eigenvalue weighted by Gasteiger charge is -2.32. The Morgan fingerprint density at radius 1 is 1.25 bits per heavy atom. The van der Waals surface area contributed by atoms with E-state index in [2.05, 4.69) is 12.2 Å². The second-order valence-electron chi connectivity index (χ2n) is 6.41. The van der Waals surface area contributed by atoms with Gasteiger partial charge in [0.15, 0.2) is 0 Å². The fourth-order valence-corrected chi connectivity index (χ4v) is 3.52. The van der Waals surface area contributed by atoms with Crippen molar-refractivity contribution in [2.75, 3.05) is 19.6 Å². The van der Waals surface area contributed by atoms with Crippen molar-refractivity contribution in [2.24, 2.45) is 17.8 Å². The molecule has 2 aliphatic rings. The average Bonchev–Trinajstić information content (AvgIpc) is 2.81. The molecular weight excluding hydrogens is 256 g/mol. The lowest BCUT2D eigenvalue weighted by molar-refractivity contribution is -0.138. The number of nitrogens with zero attached hydrogens (tertiary/aromatic N) is 1. The van der Waals surface area contributed by atoms with E-state index in [1.807, 2.05) is 0 Å². The highest BCUT2D eigenvalue weighted by atomic mass is 16.4. The van der Waals surface area contributed by atoms with Crippen LogP contribution in [0.3, 0.4) is 0 Å². The van der Waals surface area contributed by atoms with Gasteiger partial charge in [-0.2, -0.15) is 0 Å². The van der Waals surface area contributed by atoms with Crippen molar-refractivity contribution in [1.82, 2.24) is 10.2 Å². The van der Waals surface area contributed by atoms with Gasteiger partial charge in [-0.15, -0.1) is 0 Å². The van der Waals surface area contributed by atoms with Crippen LogP contribution in [-0.4, -0.2) is 41.6 Å². The number of piperidine rings is 1. The van der Waals surface area contributed by atoms with Crippen LogP contribution < -0.4 is 5.32 Å². The molecule has 0 bridgehead atoms.